The standard InChI is InChI=1S/C15H24O3/c1-5-10-11(18-10)12(16)15(17)8-9-6-7-14(15,4)13(9,2)3/h9-11,17H,5-8H2,1-4H3/t9-,10+,11+,14-,15+/m1/s1. The van der Waals surface area contributed by atoms with Crippen molar-refractivity contribution in [2.45, 2.75) is 71.2 Å². The van der Waals surface area contributed by atoms with Gasteiger partial charge in [0.15, 0.2) is 5.78 Å². The molecule has 0 amide bonds. The Bertz CT molecular complexity index is 403. The first kappa shape index (κ1) is 12.6. The number of hydrogen-bond donors (Lipinski definition) is 1. The van der Waals surface area contributed by atoms with Gasteiger partial charge in [-0.25, -0.2) is 0 Å². The number of ketones is 1. The van der Waals surface area contributed by atoms with E-state index in [1.807, 2.05) is 6.92 Å². The van der Waals surface area contributed by atoms with Crippen LogP contribution in [0.4, 0.5) is 0 Å². The maximum absolute atomic E-state index is 12.6. The van der Waals surface area contributed by atoms with Crippen LogP contribution in [0.2, 0.25) is 0 Å². The average Bonchev–Trinajstić information content (AvgIpc) is 3.03. The fourth-order valence-corrected chi connectivity index (χ4v) is 4.57. The van der Waals surface area contributed by atoms with E-state index in [4.69, 9.17) is 4.74 Å². The summed E-state index contributed by atoms with van der Waals surface area (Å²) in [4.78, 5) is 12.6. The van der Waals surface area contributed by atoms with E-state index in [1.54, 1.807) is 0 Å². The molecule has 3 heteroatoms. The van der Waals surface area contributed by atoms with Crippen LogP contribution < -0.4 is 0 Å². The fraction of sp³-hybridized carbons (Fsp3) is 0.933. The first-order chi connectivity index (χ1) is 8.28. The zero-order valence-corrected chi connectivity index (χ0v) is 11.8. The number of ether oxygens (including phenoxy) is 1. The molecular formula is C15H24O3. The molecule has 1 saturated heterocycles. The summed E-state index contributed by atoms with van der Waals surface area (Å²) in [6.07, 6.45) is 3.29. The number of carbonyl (C=O) groups is 1. The Morgan fingerprint density at radius 3 is 2.44 bits per heavy atom. The molecule has 0 spiro atoms. The van der Waals surface area contributed by atoms with E-state index in [2.05, 4.69) is 20.8 Å². The van der Waals surface area contributed by atoms with Crippen LogP contribution in [0.15, 0.2) is 0 Å². The second-order valence-electron chi connectivity index (χ2n) is 7.22. The van der Waals surface area contributed by atoms with Crippen LogP contribution in [0.3, 0.4) is 0 Å². The third-order valence-corrected chi connectivity index (χ3v) is 6.54. The van der Waals surface area contributed by atoms with Gasteiger partial charge in [0, 0.05) is 5.41 Å². The number of hydrogen-bond acceptors (Lipinski definition) is 3. The smallest absolute Gasteiger partial charge is 0.196 e. The van der Waals surface area contributed by atoms with Gasteiger partial charge in [-0.05, 0) is 37.0 Å². The summed E-state index contributed by atoms with van der Waals surface area (Å²) in [5.74, 6) is 0.419. The highest BCUT2D eigenvalue weighted by molar-refractivity contribution is 5.95. The molecule has 0 aromatic carbocycles. The molecule has 3 nitrogen and oxygen atoms in total. The van der Waals surface area contributed by atoms with Crippen molar-refractivity contribution in [1.82, 2.24) is 0 Å². The van der Waals surface area contributed by atoms with Crippen molar-refractivity contribution in [3.8, 4) is 0 Å². The van der Waals surface area contributed by atoms with Crippen molar-refractivity contribution < 1.29 is 14.6 Å². The van der Waals surface area contributed by atoms with Gasteiger partial charge in [0.25, 0.3) is 0 Å². The summed E-state index contributed by atoms with van der Waals surface area (Å²) in [7, 11) is 0. The third-order valence-electron chi connectivity index (χ3n) is 6.54. The topological polar surface area (TPSA) is 49.8 Å². The molecule has 2 bridgehead atoms. The summed E-state index contributed by atoms with van der Waals surface area (Å²) in [5, 5.41) is 11.0. The van der Waals surface area contributed by atoms with Crippen LogP contribution in [0, 0.1) is 16.7 Å². The maximum atomic E-state index is 12.6. The lowest BCUT2D eigenvalue weighted by Crippen LogP contribution is -2.54. The van der Waals surface area contributed by atoms with Crippen LogP contribution in [-0.2, 0) is 9.53 Å². The highest BCUT2D eigenvalue weighted by Crippen LogP contribution is 2.70. The highest BCUT2D eigenvalue weighted by Gasteiger charge is 2.73. The Balaban J connectivity index is 1.91. The predicted molar refractivity (Wildman–Crippen MR) is 68.1 cm³/mol. The Kier molecular flexibility index (Phi) is 2.36. The van der Waals surface area contributed by atoms with Crippen LogP contribution in [0.25, 0.3) is 0 Å². The Hall–Kier alpha value is -0.410. The molecular weight excluding hydrogens is 228 g/mol. The zero-order chi connectivity index (χ0) is 13.3. The van der Waals surface area contributed by atoms with Gasteiger partial charge in [0.05, 0.1) is 6.10 Å². The molecule has 0 aromatic heterocycles. The van der Waals surface area contributed by atoms with Crippen LogP contribution in [0.5, 0.6) is 0 Å². The van der Waals surface area contributed by atoms with Crippen molar-refractivity contribution in [3.63, 3.8) is 0 Å². The van der Waals surface area contributed by atoms with E-state index < -0.39 is 5.60 Å². The van der Waals surface area contributed by atoms with Gasteiger partial charge in [-0.15, -0.1) is 0 Å². The molecule has 18 heavy (non-hydrogen) atoms. The van der Waals surface area contributed by atoms with E-state index in [-0.39, 0.29) is 28.8 Å². The second kappa shape index (κ2) is 3.37. The first-order valence-corrected chi connectivity index (χ1v) is 7.20. The minimum atomic E-state index is -1.16. The lowest BCUT2D eigenvalue weighted by atomic mass is 9.62. The summed E-state index contributed by atoms with van der Waals surface area (Å²) in [6, 6.07) is 0. The number of rotatable bonds is 3. The fourth-order valence-electron chi connectivity index (χ4n) is 4.57. The SMILES string of the molecule is CC[C@@H]1O[C@@H]1C(=O)[C@@]1(O)C[C@H]2CC[C@]1(C)C2(C)C. The van der Waals surface area contributed by atoms with Crippen molar-refractivity contribution in [2.24, 2.45) is 16.7 Å². The van der Waals surface area contributed by atoms with Crippen molar-refractivity contribution in [3.05, 3.63) is 0 Å². The van der Waals surface area contributed by atoms with E-state index >= 15 is 0 Å². The van der Waals surface area contributed by atoms with E-state index in [0.717, 1.165) is 19.3 Å². The summed E-state index contributed by atoms with van der Waals surface area (Å²) >= 11 is 0. The molecule has 5 atom stereocenters. The third kappa shape index (κ3) is 1.20. The number of aliphatic hydroxyl groups is 1. The molecule has 1 heterocycles. The van der Waals surface area contributed by atoms with E-state index in [0.29, 0.717) is 12.3 Å². The van der Waals surface area contributed by atoms with Crippen LogP contribution in [-0.4, -0.2) is 28.7 Å². The van der Waals surface area contributed by atoms with Crippen LogP contribution >= 0.6 is 0 Å². The molecule has 1 aliphatic heterocycles. The molecule has 3 rings (SSSR count). The first-order valence-electron chi connectivity index (χ1n) is 7.20. The minimum Gasteiger partial charge on any atom is -0.381 e. The summed E-state index contributed by atoms with van der Waals surface area (Å²) < 4.78 is 5.42. The molecule has 1 N–H and O–H groups in total. The summed E-state index contributed by atoms with van der Waals surface area (Å²) in [5.41, 5.74) is -1.39. The lowest BCUT2D eigenvalue weighted by Gasteiger charge is -2.44. The van der Waals surface area contributed by atoms with Gasteiger partial charge >= 0.3 is 0 Å². The predicted octanol–water partition coefficient (Wildman–Crippen LogP) is 2.31. The molecule has 3 aliphatic rings. The molecule has 0 aromatic rings. The number of fused-ring (bicyclic) bond motifs is 2. The Morgan fingerprint density at radius 1 is 1.39 bits per heavy atom. The van der Waals surface area contributed by atoms with Crippen molar-refractivity contribution >= 4 is 5.78 Å². The van der Waals surface area contributed by atoms with Gasteiger partial charge in [-0.3, -0.25) is 4.79 Å². The Morgan fingerprint density at radius 2 is 2.06 bits per heavy atom. The molecule has 2 saturated carbocycles. The van der Waals surface area contributed by atoms with E-state index in [9.17, 15) is 9.90 Å². The second-order valence-corrected chi connectivity index (χ2v) is 7.22. The molecule has 3 fully saturated rings. The molecule has 2 aliphatic carbocycles. The molecule has 0 unspecified atom stereocenters. The summed E-state index contributed by atoms with van der Waals surface area (Å²) in [6.45, 7) is 8.54. The number of carbonyl (C=O) groups excluding carboxylic acids is 1. The normalized spacial score (nSPS) is 52.6. The van der Waals surface area contributed by atoms with Gasteiger partial charge in [0.1, 0.15) is 11.7 Å². The molecule has 102 valence electrons. The quantitative estimate of drug-likeness (QED) is 0.784. The van der Waals surface area contributed by atoms with Crippen molar-refractivity contribution in [2.75, 3.05) is 0 Å². The highest BCUT2D eigenvalue weighted by atomic mass is 16.6. The zero-order valence-electron chi connectivity index (χ0n) is 11.8. The molecule has 0 radical (unpaired) electrons. The average molecular weight is 252 g/mol. The number of epoxide rings is 1. The minimum absolute atomic E-state index is 0.0485. The largest absolute Gasteiger partial charge is 0.381 e. The van der Waals surface area contributed by atoms with E-state index in [1.165, 1.54) is 0 Å². The lowest BCUT2D eigenvalue weighted by molar-refractivity contribution is -0.156. The van der Waals surface area contributed by atoms with Gasteiger partial charge in [0.2, 0.25) is 0 Å². The monoisotopic (exact) mass is 252 g/mol. The van der Waals surface area contributed by atoms with Crippen molar-refractivity contribution in [1.29, 1.82) is 0 Å². The van der Waals surface area contributed by atoms with Gasteiger partial charge < -0.3 is 9.84 Å². The Labute approximate surface area is 109 Å². The van der Waals surface area contributed by atoms with Crippen LogP contribution in [0.1, 0.15) is 53.4 Å². The maximum Gasteiger partial charge on any atom is 0.196 e. The van der Waals surface area contributed by atoms with Gasteiger partial charge in [-0.1, -0.05) is 27.7 Å². The van der Waals surface area contributed by atoms with Gasteiger partial charge in [-0.2, -0.15) is 0 Å². The number of Topliss-reactive ketones (excluding diaryl/α,β-unsaturated/α-hetero) is 1.